The van der Waals surface area contributed by atoms with E-state index >= 15 is 0 Å². The average Bonchev–Trinajstić information content (AvgIpc) is 2.81. The standard InChI is InChI=1S/C20H16F3N3O3S/c21-20(22,23)19(29)26-9-11(10-26)8-24-17(27)12-5-6-16-14(7-12)25-18(28)13-3-1-2-4-15(13)30-16/h1-7,11H,8-10H2,(H,24,27)(H,25,28). The maximum Gasteiger partial charge on any atom is 0.471 e. The Morgan fingerprint density at radius 3 is 2.60 bits per heavy atom. The molecule has 0 atom stereocenters. The minimum Gasteiger partial charge on any atom is -0.352 e. The smallest absolute Gasteiger partial charge is 0.352 e. The first-order chi connectivity index (χ1) is 14.2. The van der Waals surface area contributed by atoms with Gasteiger partial charge in [-0.3, -0.25) is 14.4 Å². The van der Waals surface area contributed by atoms with E-state index in [0.29, 0.717) is 21.7 Å². The summed E-state index contributed by atoms with van der Waals surface area (Å²) in [5.74, 6) is -2.76. The zero-order valence-corrected chi connectivity index (χ0v) is 16.3. The number of benzene rings is 2. The summed E-state index contributed by atoms with van der Waals surface area (Å²) in [7, 11) is 0. The fraction of sp³-hybridized carbons (Fsp3) is 0.250. The topological polar surface area (TPSA) is 78.5 Å². The van der Waals surface area contributed by atoms with Gasteiger partial charge >= 0.3 is 12.1 Å². The van der Waals surface area contributed by atoms with Crippen LogP contribution in [0.1, 0.15) is 20.7 Å². The van der Waals surface area contributed by atoms with Crippen LogP contribution in [0.2, 0.25) is 0 Å². The van der Waals surface area contributed by atoms with Crippen molar-refractivity contribution in [1.29, 1.82) is 0 Å². The lowest BCUT2D eigenvalue weighted by molar-refractivity contribution is -0.191. The number of nitrogens with zero attached hydrogens (tertiary/aromatic N) is 1. The van der Waals surface area contributed by atoms with Gasteiger partial charge in [-0.1, -0.05) is 23.9 Å². The highest BCUT2D eigenvalue weighted by Gasteiger charge is 2.46. The lowest BCUT2D eigenvalue weighted by atomic mass is 10.00. The van der Waals surface area contributed by atoms with Crippen molar-refractivity contribution in [3.05, 3.63) is 53.6 Å². The van der Waals surface area contributed by atoms with E-state index in [1.165, 1.54) is 11.8 Å². The Labute approximate surface area is 173 Å². The maximum atomic E-state index is 12.4. The maximum absolute atomic E-state index is 12.4. The predicted octanol–water partition coefficient (Wildman–Crippen LogP) is 3.15. The predicted molar refractivity (Wildman–Crippen MR) is 103 cm³/mol. The van der Waals surface area contributed by atoms with Crippen LogP contribution in [0.25, 0.3) is 0 Å². The van der Waals surface area contributed by atoms with Gasteiger partial charge in [-0.15, -0.1) is 0 Å². The van der Waals surface area contributed by atoms with Crippen LogP contribution in [0, 0.1) is 5.92 Å². The summed E-state index contributed by atoms with van der Waals surface area (Å²) < 4.78 is 37.1. The zero-order chi connectivity index (χ0) is 21.5. The number of hydrogen-bond acceptors (Lipinski definition) is 4. The van der Waals surface area contributed by atoms with Crippen LogP contribution in [0.4, 0.5) is 18.9 Å². The third-order valence-electron chi connectivity index (χ3n) is 4.88. The lowest BCUT2D eigenvalue weighted by Crippen LogP contribution is -2.57. The summed E-state index contributed by atoms with van der Waals surface area (Å²) in [6, 6.07) is 12.1. The molecule has 0 unspecified atom stereocenters. The van der Waals surface area contributed by atoms with Crippen LogP contribution in [-0.2, 0) is 4.79 Å². The van der Waals surface area contributed by atoms with Crippen LogP contribution in [0.15, 0.2) is 52.3 Å². The largest absolute Gasteiger partial charge is 0.471 e. The Kier molecular flexibility index (Phi) is 5.19. The number of fused-ring (bicyclic) bond motifs is 2. The molecule has 0 radical (unpaired) electrons. The quantitative estimate of drug-likeness (QED) is 0.777. The fourth-order valence-electron chi connectivity index (χ4n) is 3.29. The Balaban J connectivity index is 1.37. The molecule has 156 valence electrons. The molecule has 0 saturated carbocycles. The number of halogens is 3. The highest BCUT2D eigenvalue weighted by Crippen LogP contribution is 2.39. The number of alkyl halides is 3. The van der Waals surface area contributed by atoms with Gasteiger partial charge in [0.15, 0.2) is 0 Å². The van der Waals surface area contributed by atoms with Gasteiger partial charge in [-0.05, 0) is 30.3 Å². The highest BCUT2D eigenvalue weighted by molar-refractivity contribution is 7.99. The van der Waals surface area contributed by atoms with Crippen molar-refractivity contribution in [1.82, 2.24) is 10.2 Å². The number of carbonyl (C=O) groups is 3. The Morgan fingerprint density at radius 1 is 1.13 bits per heavy atom. The normalized spacial score (nSPS) is 16.0. The molecule has 6 nitrogen and oxygen atoms in total. The van der Waals surface area contributed by atoms with Crippen molar-refractivity contribution in [2.75, 3.05) is 25.0 Å². The number of hydrogen-bond donors (Lipinski definition) is 2. The zero-order valence-electron chi connectivity index (χ0n) is 15.5. The summed E-state index contributed by atoms with van der Waals surface area (Å²) in [6.07, 6.45) is -4.88. The molecule has 2 aromatic rings. The van der Waals surface area contributed by atoms with E-state index in [-0.39, 0.29) is 31.5 Å². The summed E-state index contributed by atoms with van der Waals surface area (Å²) in [5, 5.41) is 5.48. The van der Waals surface area contributed by atoms with Crippen LogP contribution in [0.3, 0.4) is 0 Å². The van der Waals surface area contributed by atoms with Crippen molar-refractivity contribution < 1.29 is 27.6 Å². The Bertz CT molecular complexity index is 1040. The molecule has 0 aromatic heterocycles. The molecule has 4 rings (SSSR count). The average molecular weight is 435 g/mol. The Morgan fingerprint density at radius 2 is 1.87 bits per heavy atom. The van der Waals surface area contributed by atoms with Crippen molar-refractivity contribution >= 4 is 35.2 Å². The first-order valence-electron chi connectivity index (χ1n) is 9.09. The Hall–Kier alpha value is -3.01. The van der Waals surface area contributed by atoms with Gasteiger partial charge in [0.05, 0.1) is 11.3 Å². The second-order valence-electron chi connectivity index (χ2n) is 7.05. The molecule has 10 heteroatoms. The first kappa shape index (κ1) is 20.3. The summed E-state index contributed by atoms with van der Waals surface area (Å²) >= 11 is 1.42. The third kappa shape index (κ3) is 4.00. The summed E-state index contributed by atoms with van der Waals surface area (Å²) in [4.78, 5) is 38.3. The molecule has 2 aliphatic rings. The second kappa shape index (κ2) is 7.67. The van der Waals surface area contributed by atoms with E-state index in [1.807, 2.05) is 12.1 Å². The van der Waals surface area contributed by atoms with E-state index in [1.54, 1.807) is 30.3 Å². The number of anilines is 1. The number of nitrogens with one attached hydrogen (secondary N) is 2. The van der Waals surface area contributed by atoms with Gasteiger partial charge in [0, 0.05) is 40.9 Å². The van der Waals surface area contributed by atoms with Crippen molar-refractivity contribution in [3.63, 3.8) is 0 Å². The SMILES string of the molecule is O=C(NCC1CN(C(=O)C(F)(F)F)C1)c1ccc2c(c1)NC(=O)c1ccccc1S2. The molecule has 0 spiro atoms. The van der Waals surface area contributed by atoms with Gasteiger partial charge in [0.2, 0.25) is 0 Å². The van der Waals surface area contributed by atoms with E-state index in [9.17, 15) is 27.6 Å². The van der Waals surface area contributed by atoms with Crippen molar-refractivity contribution in [2.24, 2.45) is 5.92 Å². The second-order valence-corrected chi connectivity index (χ2v) is 8.13. The van der Waals surface area contributed by atoms with E-state index in [0.717, 1.165) is 9.79 Å². The molecule has 2 aromatic carbocycles. The molecule has 0 aliphatic carbocycles. The molecular weight excluding hydrogens is 419 g/mol. The first-order valence-corrected chi connectivity index (χ1v) is 9.90. The number of carbonyl (C=O) groups excluding carboxylic acids is 3. The minimum atomic E-state index is -4.88. The molecule has 2 heterocycles. The molecule has 3 amide bonds. The van der Waals surface area contributed by atoms with Gasteiger partial charge in [-0.25, -0.2) is 0 Å². The van der Waals surface area contributed by atoms with Crippen LogP contribution < -0.4 is 10.6 Å². The van der Waals surface area contributed by atoms with Crippen LogP contribution in [0.5, 0.6) is 0 Å². The number of likely N-dealkylation sites (tertiary alicyclic amines) is 1. The van der Waals surface area contributed by atoms with Gasteiger partial charge in [-0.2, -0.15) is 13.2 Å². The highest BCUT2D eigenvalue weighted by atomic mass is 32.2. The van der Waals surface area contributed by atoms with E-state index < -0.39 is 18.0 Å². The molecule has 30 heavy (non-hydrogen) atoms. The van der Waals surface area contributed by atoms with Crippen molar-refractivity contribution in [2.45, 2.75) is 16.0 Å². The third-order valence-corrected chi connectivity index (χ3v) is 6.03. The van der Waals surface area contributed by atoms with E-state index in [2.05, 4.69) is 10.6 Å². The minimum absolute atomic E-state index is 0.0479. The monoisotopic (exact) mass is 435 g/mol. The number of rotatable bonds is 3. The lowest BCUT2D eigenvalue weighted by Gasteiger charge is -2.39. The van der Waals surface area contributed by atoms with Gasteiger partial charge in [0.1, 0.15) is 0 Å². The molecule has 1 saturated heterocycles. The molecular formula is C20H16F3N3O3S. The van der Waals surface area contributed by atoms with Crippen LogP contribution in [-0.4, -0.2) is 48.4 Å². The fourth-order valence-corrected chi connectivity index (χ4v) is 4.30. The van der Waals surface area contributed by atoms with Crippen molar-refractivity contribution in [3.8, 4) is 0 Å². The van der Waals surface area contributed by atoms with Gasteiger partial charge in [0.25, 0.3) is 11.8 Å². The molecule has 2 aliphatic heterocycles. The molecule has 0 bridgehead atoms. The van der Waals surface area contributed by atoms with Crippen LogP contribution >= 0.6 is 11.8 Å². The summed E-state index contributed by atoms with van der Waals surface area (Å²) in [6.45, 7) is 0.0612. The molecule has 1 fully saturated rings. The summed E-state index contributed by atoms with van der Waals surface area (Å²) in [5.41, 5.74) is 1.38. The van der Waals surface area contributed by atoms with E-state index in [4.69, 9.17) is 0 Å². The molecule has 2 N–H and O–H groups in total. The van der Waals surface area contributed by atoms with Gasteiger partial charge < -0.3 is 15.5 Å². The number of amides is 3.